The van der Waals surface area contributed by atoms with Gasteiger partial charge >= 0.3 is 6.03 Å². The Balaban J connectivity index is 1.90. The predicted molar refractivity (Wildman–Crippen MR) is 77.5 cm³/mol. The maximum Gasteiger partial charge on any atom is 0.337 e. The summed E-state index contributed by atoms with van der Waals surface area (Å²) in [5.74, 6) is -1.43. The third-order valence-electron chi connectivity index (χ3n) is 2.49. The lowest BCUT2D eigenvalue weighted by Crippen LogP contribution is -2.44. The molecular weight excluding hydrogens is 297 g/mol. The normalized spacial score (nSPS) is 9.81. The summed E-state index contributed by atoms with van der Waals surface area (Å²) in [4.78, 5) is 23.2. The molecule has 0 unspecified atom stereocenters. The highest BCUT2D eigenvalue weighted by molar-refractivity contribution is 6.30. The lowest BCUT2D eigenvalue weighted by molar-refractivity contribution is 0.0934. The van der Waals surface area contributed by atoms with E-state index in [9.17, 15) is 14.0 Å². The summed E-state index contributed by atoms with van der Waals surface area (Å²) in [5.41, 5.74) is 4.51. The highest BCUT2D eigenvalue weighted by Crippen LogP contribution is 2.14. The van der Waals surface area contributed by atoms with Gasteiger partial charge in [0.1, 0.15) is 5.82 Å². The van der Waals surface area contributed by atoms with E-state index in [1.54, 1.807) is 24.3 Å². The van der Waals surface area contributed by atoms with Crippen molar-refractivity contribution in [3.63, 3.8) is 0 Å². The minimum Gasteiger partial charge on any atom is -0.307 e. The molecule has 0 heterocycles. The first kappa shape index (κ1) is 14.8. The van der Waals surface area contributed by atoms with Gasteiger partial charge in [0.05, 0.1) is 5.56 Å². The van der Waals surface area contributed by atoms with E-state index in [2.05, 4.69) is 16.2 Å². The van der Waals surface area contributed by atoms with Crippen molar-refractivity contribution in [3.05, 3.63) is 64.9 Å². The molecule has 0 aliphatic heterocycles. The third kappa shape index (κ3) is 4.19. The Hall–Kier alpha value is -2.60. The lowest BCUT2D eigenvalue weighted by atomic mass is 10.2. The molecule has 21 heavy (non-hydrogen) atoms. The van der Waals surface area contributed by atoms with Crippen molar-refractivity contribution in [1.82, 2.24) is 10.9 Å². The van der Waals surface area contributed by atoms with Crippen molar-refractivity contribution in [1.29, 1.82) is 0 Å². The van der Waals surface area contributed by atoms with E-state index >= 15 is 0 Å². The fourth-order valence-corrected chi connectivity index (χ4v) is 1.75. The summed E-state index contributed by atoms with van der Waals surface area (Å²) in [6.45, 7) is 0. The predicted octanol–water partition coefficient (Wildman–Crippen LogP) is 2.95. The largest absolute Gasteiger partial charge is 0.337 e. The Morgan fingerprint density at radius 1 is 1.00 bits per heavy atom. The number of halogens is 2. The zero-order valence-corrected chi connectivity index (χ0v) is 11.4. The Kier molecular flexibility index (Phi) is 4.73. The van der Waals surface area contributed by atoms with Gasteiger partial charge in [-0.1, -0.05) is 29.8 Å². The molecular formula is C14H11ClFN3O2. The molecule has 2 aromatic rings. The van der Waals surface area contributed by atoms with Gasteiger partial charge in [0.2, 0.25) is 0 Å². The van der Waals surface area contributed by atoms with Crippen LogP contribution in [0.3, 0.4) is 0 Å². The maximum atomic E-state index is 13.4. The number of carbonyl (C=O) groups excluding carboxylic acids is 2. The van der Waals surface area contributed by atoms with Crippen molar-refractivity contribution in [2.45, 2.75) is 0 Å². The number of hydrogen-bond donors (Lipinski definition) is 3. The van der Waals surface area contributed by atoms with E-state index in [1.165, 1.54) is 18.2 Å². The summed E-state index contributed by atoms with van der Waals surface area (Å²) in [6.07, 6.45) is 0. The first-order valence-electron chi connectivity index (χ1n) is 5.93. The van der Waals surface area contributed by atoms with Crippen molar-refractivity contribution >= 4 is 29.2 Å². The highest BCUT2D eigenvalue weighted by atomic mass is 35.5. The molecule has 3 amide bonds. The highest BCUT2D eigenvalue weighted by Gasteiger charge is 2.11. The fourth-order valence-electron chi connectivity index (χ4n) is 1.55. The summed E-state index contributed by atoms with van der Waals surface area (Å²) >= 11 is 5.77. The van der Waals surface area contributed by atoms with Crippen LogP contribution in [0.15, 0.2) is 48.5 Å². The van der Waals surface area contributed by atoms with Crippen LogP contribution in [0.4, 0.5) is 14.9 Å². The van der Waals surface area contributed by atoms with Gasteiger partial charge in [0.15, 0.2) is 0 Å². The average molecular weight is 308 g/mol. The molecule has 108 valence electrons. The smallest absolute Gasteiger partial charge is 0.307 e. The molecule has 0 saturated carbocycles. The van der Waals surface area contributed by atoms with E-state index in [0.717, 1.165) is 6.07 Å². The van der Waals surface area contributed by atoms with Gasteiger partial charge in [0.25, 0.3) is 5.91 Å². The molecule has 5 nitrogen and oxygen atoms in total. The van der Waals surface area contributed by atoms with Crippen molar-refractivity contribution in [2.75, 3.05) is 5.32 Å². The fraction of sp³-hybridized carbons (Fsp3) is 0. The van der Waals surface area contributed by atoms with Gasteiger partial charge in [-0.3, -0.25) is 10.2 Å². The van der Waals surface area contributed by atoms with Crippen LogP contribution < -0.4 is 16.2 Å². The van der Waals surface area contributed by atoms with Crippen LogP contribution in [0, 0.1) is 5.82 Å². The topological polar surface area (TPSA) is 70.2 Å². The summed E-state index contributed by atoms with van der Waals surface area (Å²) in [6, 6.07) is 11.3. The monoisotopic (exact) mass is 307 g/mol. The molecule has 3 N–H and O–H groups in total. The van der Waals surface area contributed by atoms with E-state index < -0.39 is 17.8 Å². The van der Waals surface area contributed by atoms with Crippen molar-refractivity contribution < 1.29 is 14.0 Å². The van der Waals surface area contributed by atoms with Crippen LogP contribution in [0.1, 0.15) is 10.4 Å². The van der Waals surface area contributed by atoms with Crippen LogP contribution in [-0.2, 0) is 0 Å². The van der Waals surface area contributed by atoms with Crippen molar-refractivity contribution in [2.24, 2.45) is 0 Å². The Bertz CT molecular complexity index is 679. The average Bonchev–Trinajstić information content (AvgIpc) is 2.45. The number of hydrazine groups is 1. The molecule has 0 aliphatic rings. The first-order valence-corrected chi connectivity index (χ1v) is 6.31. The molecule has 0 atom stereocenters. The third-order valence-corrected chi connectivity index (χ3v) is 2.73. The molecule has 0 fully saturated rings. The number of hydrogen-bond acceptors (Lipinski definition) is 2. The molecule has 0 aliphatic carbocycles. The van der Waals surface area contributed by atoms with Gasteiger partial charge in [-0.25, -0.2) is 14.6 Å². The van der Waals surface area contributed by atoms with Crippen LogP contribution >= 0.6 is 11.6 Å². The van der Waals surface area contributed by atoms with E-state index in [-0.39, 0.29) is 5.56 Å². The molecule has 0 aromatic heterocycles. The Morgan fingerprint density at radius 3 is 2.48 bits per heavy atom. The van der Waals surface area contributed by atoms with Crippen molar-refractivity contribution in [3.8, 4) is 0 Å². The van der Waals surface area contributed by atoms with Crippen LogP contribution in [0.5, 0.6) is 0 Å². The number of nitrogens with one attached hydrogen (secondary N) is 3. The molecule has 0 spiro atoms. The molecule has 0 radical (unpaired) electrons. The molecule has 2 aromatic carbocycles. The maximum absolute atomic E-state index is 13.4. The number of rotatable bonds is 2. The van der Waals surface area contributed by atoms with E-state index in [4.69, 9.17) is 11.6 Å². The standard InChI is InChI=1S/C14H11ClFN3O2/c15-9-4-3-5-10(8-9)17-14(21)19-18-13(20)11-6-1-2-7-12(11)16/h1-8H,(H,18,20)(H2,17,19,21). The van der Waals surface area contributed by atoms with Gasteiger partial charge in [-0.15, -0.1) is 0 Å². The van der Waals surface area contributed by atoms with Gasteiger partial charge in [0, 0.05) is 10.7 Å². The number of anilines is 1. The number of urea groups is 1. The number of amides is 3. The second-order valence-electron chi connectivity index (χ2n) is 4.02. The second-order valence-corrected chi connectivity index (χ2v) is 4.46. The second kappa shape index (κ2) is 6.71. The summed E-state index contributed by atoms with van der Waals surface area (Å²) in [5, 5.41) is 2.92. The molecule has 0 bridgehead atoms. The SMILES string of the molecule is O=C(NNC(=O)c1ccccc1F)Nc1cccc(Cl)c1. The zero-order valence-electron chi connectivity index (χ0n) is 10.7. The Labute approximate surface area is 125 Å². The van der Waals surface area contributed by atoms with Gasteiger partial charge < -0.3 is 5.32 Å². The van der Waals surface area contributed by atoms with Gasteiger partial charge in [-0.2, -0.15) is 0 Å². The Morgan fingerprint density at radius 2 is 1.76 bits per heavy atom. The summed E-state index contributed by atoms with van der Waals surface area (Å²) in [7, 11) is 0. The van der Waals surface area contributed by atoms with Crippen LogP contribution in [0.25, 0.3) is 0 Å². The first-order chi connectivity index (χ1) is 10.1. The van der Waals surface area contributed by atoms with Crippen LogP contribution in [-0.4, -0.2) is 11.9 Å². The molecule has 0 saturated heterocycles. The van der Waals surface area contributed by atoms with E-state index in [0.29, 0.717) is 10.7 Å². The van der Waals surface area contributed by atoms with Gasteiger partial charge in [-0.05, 0) is 30.3 Å². The quantitative estimate of drug-likeness (QED) is 0.747. The van der Waals surface area contributed by atoms with E-state index in [1.807, 2.05) is 0 Å². The number of carbonyl (C=O) groups is 2. The minimum absolute atomic E-state index is 0.166. The van der Waals surface area contributed by atoms with Crippen LogP contribution in [0.2, 0.25) is 5.02 Å². The molecule has 7 heteroatoms. The lowest BCUT2D eigenvalue weighted by Gasteiger charge is -2.09. The molecule has 2 rings (SSSR count). The minimum atomic E-state index is -0.755. The summed E-state index contributed by atoms with van der Waals surface area (Å²) < 4.78 is 13.4. The zero-order chi connectivity index (χ0) is 15.2. The number of benzene rings is 2.